The Balaban J connectivity index is 1.50. The summed E-state index contributed by atoms with van der Waals surface area (Å²) in [5.41, 5.74) is 3.00. The van der Waals surface area contributed by atoms with E-state index in [1.165, 1.54) is 25.8 Å². The minimum Gasteiger partial charge on any atom is -0.480 e. The van der Waals surface area contributed by atoms with Crippen molar-refractivity contribution >= 4 is 52.3 Å². The normalized spacial score (nSPS) is 14.8. The predicted molar refractivity (Wildman–Crippen MR) is 239 cm³/mol. The lowest BCUT2D eigenvalue weighted by Gasteiger charge is -2.29. The number of para-hydroxylation sites is 1. The zero-order valence-corrected chi connectivity index (χ0v) is 37.9. The molecule has 4 aromatic rings. The molecule has 3 aromatic heterocycles. The van der Waals surface area contributed by atoms with E-state index >= 15 is 0 Å². The molecule has 0 radical (unpaired) electrons. The molecule has 19 heteroatoms. The SMILES string of the molecule is CC(C)C[C@H](NC(=O)[C@H](CC(C)C)NC(=O)[C@H](CC(C)C)NC(=O)[C@H](Cc1cnc[nH]1)NC(=O)[C@@H](C)Cc1c[nH]c2ccccc12)C(=O)N[C@@H](Cc1cnc[nH]1)C(=O)N[C@@H](C)C(=O)O. The molecule has 6 amide bonds. The van der Waals surface area contributed by atoms with Crippen molar-refractivity contribution in [2.24, 2.45) is 23.7 Å². The molecule has 0 aliphatic carbocycles. The van der Waals surface area contributed by atoms with Gasteiger partial charge in [0.25, 0.3) is 0 Å². The summed E-state index contributed by atoms with van der Waals surface area (Å²) in [4.78, 5) is 112. The largest absolute Gasteiger partial charge is 0.480 e. The van der Waals surface area contributed by atoms with E-state index < -0.39 is 77.7 Å². The Kier molecular flexibility index (Phi) is 18.6. The molecule has 0 fully saturated rings. The lowest BCUT2D eigenvalue weighted by atomic mass is 9.98. The Bertz CT molecular complexity index is 2170. The number of H-pyrrole nitrogens is 3. The van der Waals surface area contributed by atoms with Crippen molar-refractivity contribution in [2.75, 3.05) is 0 Å². The summed E-state index contributed by atoms with van der Waals surface area (Å²) in [5.74, 6) is -5.72. The highest BCUT2D eigenvalue weighted by Gasteiger charge is 2.34. The van der Waals surface area contributed by atoms with E-state index in [0.29, 0.717) is 17.8 Å². The molecule has 0 aliphatic rings. The maximum atomic E-state index is 14.2. The molecular weight excluding hydrogens is 823 g/mol. The number of carbonyl (C=O) groups excluding carboxylic acids is 6. The number of hydrogen-bond donors (Lipinski definition) is 10. The van der Waals surface area contributed by atoms with E-state index in [2.05, 4.69) is 56.8 Å². The maximum Gasteiger partial charge on any atom is 0.325 e. The van der Waals surface area contributed by atoms with Gasteiger partial charge < -0.3 is 52.0 Å². The van der Waals surface area contributed by atoms with Crippen LogP contribution < -0.4 is 31.9 Å². The fourth-order valence-corrected chi connectivity index (χ4v) is 7.26. The summed E-state index contributed by atoms with van der Waals surface area (Å²) in [6, 6.07) is 0.851. The first kappa shape index (κ1) is 50.1. The number of nitrogens with one attached hydrogen (secondary N) is 9. The molecule has 10 N–H and O–H groups in total. The Morgan fingerprint density at radius 3 is 1.36 bits per heavy atom. The zero-order valence-electron chi connectivity index (χ0n) is 37.9. The standard InChI is InChI=1S/C45H65N11O8/c1-24(2)13-34(41(59)54-36(15-26(5)6)43(61)56-37(17-30-20-46-22-49-30)40(58)51-28(8)45(63)64)53-42(60)35(14-25(3)4)55-44(62)38(18-31-21-47-23-50-31)52-39(57)27(7)16-29-19-48-33-12-10-9-11-32(29)33/h9-12,19-28,34-38,48H,13-18H2,1-8H3,(H,46,49)(H,47,50)(H,51,58)(H,52,57)(H,53,60)(H,54,59)(H,55,62)(H,56,61)(H,63,64)/t27-,28-,34-,35-,36-,37-,38-/m0/s1. The second-order valence-corrected chi connectivity index (χ2v) is 17.8. The van der Waals surface area contributed by atoms with Crippen molar-refractivity contribution in [1.29, 1.82) is 0 Å². The van der Waals surface area contributed by atoms with Gasteiger partial charge in [-0.25, -0.2) is 9.97 Å². The Labute approximate surface area is 373 Å². The fraction of sp³-hybridized carbons (Fsp3) is 0.533. The number of fused-ring (bicyclic) bond motifs is 1. The average molecular weight is 888 g/mol. The van der Waals surface area contributed by atoms with Crippen LogP contribution >= 0.6 is 0 Å². The van der Waals surface area contributed by atoms with Crippen LogP contribution in [0.4, 0.5) is 0 Å². The predicted octanol–water partition coefficient (Wildman–Crippen LogP) is 2.43. The van der Waals surface area contributed by atoms with Crippen LogP contribution in [0.3, 0.4) is 0 Å². The lowest BCUT2D eigenvalue weighted by Crippen LogP contribution is -2.60. The van der Waals surface area contributed by atoms with Gasteiger partial charge in [-0.2, -0.15) is 0 Å². The third-order valence-electron chi connectivity index (χ3n) is 10.6. The van der Waals surface area contributed by atoms with Crippen LogP contribution in [-0.4, -0.2) is 108 Å². The van der Waals surface area contributed by atoms with Crippen LogP contribution in [0.1, 0.15) is 91.6 Å². The second kappa shape index (κ2) is 23.8. The number of carboxylic acids is 1. The molecule has 7 atom stereocenters. The second-order valence-electron chi connectivity index (χ2n) is 17.8. The number of carboxylic acid groups (broad SMARTS) is 1. The van der Waals surface area contributed by atoms with Gasteiger partial charge in [-0.1, -0.05) is 66.7 Å². The number of carbonyl (C=O) groups is 7. The average Bonchev–Trinajstić information content (AvgIpc) is 4.03. The molecule has 64 heavy (non-hydrogen) atoms. The number of aromatic amines is 3. The molecule has 0 unspecified atom stereocenters. The summed E-state index contributed by atoms with van der Waals surface area (Å²) < 4.78 is 0. The number of imidazole rings is 2. The van der Waals surface area contributed by atoms with Crippen molar-refractivity contribution in [3.8, 4) is 0 Å². The molecule has 3 heterocycles. The van der Waals surface area contributed by atoms with Crippen molar-refractivity contribution in [1.82, 2.24) is 56.8 Å². The van der Waals surface area contributed by atoms with Gasteiger partial charge >= 0.3 is 5.97 Å². The number of aromatic nitrogens is 5. The Morgan fingerprint density at radius 2 is 0.938 bits per heavy atom. The highest BCUT2D eigenvalue weighted by molar-refractivity contribution is 5.97. The monoisotopic (exact) mass is 888 g/mol. The summed E-state index contributed by atoms with van der Waals surface area (Å²) in [6.45, 7) is 14.3. The van der Waals surface area contributed by atoms with E-state index in [4.69, 9.17) is 0 Å². The van der Waals surface area contributed by atoms with Crippen LogP contribution in [0.2, 0.25) is 0 Å². The number of hydrogen-bond acceptors (Lipinski definition) is 9. The lowest BCUT2D eigenvalue weighted by molar-refractivity contribution is -0.141. The van der Waals surface area contributed by atoms with Crippen molar-refractivity contribution in [3.05, 3.63) is 72.5 Å². The van der Waals surface area contributed by atoms with Crippen molar-refractivity contribution < 1.29 is 38.7 Å². The van der Waals surface area contributed by atoms with Crippen LogP contribution in [0.15, 0.2) is 55.5 Å². The number of benzene rings is 1. The maximum absolute atomic E-state index is 14.2. The van der Waals surface area contributed by atoms with Gasteiger partial charge in [-0.05, 0) is 62.0 Å². The minimum atomic E-state index is -1.26. The molecule has 19 nitrogen and oxygen atoms in total. The smallest absolute Gasteiger partial charge is 0.325 e. The van der Waals surface area contributed by atoms with Crippen molar-refractivity contribution in [2.45, 2.75) is 130 Å². The first-order valence-corrected chi connectivity index (χ1v) is 21.9. The van der Waals surface area contributed by atoms with Crippen LogP contribution in [0.5, 0.6) is 0 Å². The molecule has 0 spiro atoms. The van der Waals surface area contributed by atoms with E-state index in [1.54, 1.807) is 13.1 Å². The minimum absolute atomic E-state index is 0.0439. The molecule has 0 aliphatic heterocycles. The molecule has 0 saturated heterocycles. The third-order valence-corrected chi connectivity index (χ3v) is 10.6. The summed E-state index contributed by atoms with van der Waals surface area (Å²) in [7, 11) is 0. The quantitative estimate of drug-likeness (QED) is 0.0464. The van der Waals surface area contributed by atoms with Gasteiger partial charge in [-0.3, -0.25) is 33.6 Å². The van der Waals surface area contributed by atoms with Gasteiger partial charge in [0, 0.05) is 59.6 Å². The first-order chi connectivity index (χ1) is 30.3. The fourth-order valence-electron chi connectivity index (χ4n) is 7.26. The van der Waals surface area contributed by atoms with Crippen molar-refractivity contribution in [3.63, 3.8) is 0 Å². The van der Waals surface area contributed by atoms with E-state index in [1.807, 2.05) is 72.0 Å². The van der Waals surface area contributed by atoms with Gasteiger partial charge in [-0.15, -0.1) is 0 Å². The number of aliphatic carboxylic acids is 1. The van der Waals surface area contributed by atoms with Crippen LogP contribution in [0.25, 0.3) is 10.9 Å². The summed E-state index contributed by atoms with van der Waals surface area (Å²) in [6.07, 6.45) is 8.75. The summed E-state index contributed by atoms with van der Waals surface area (Å²) >= 11 is 0. The van der Waals surface area contributed by atoms with E-state index in [-0.39, 0.29) is 55.8 Å². The van der Waals surface area contributed by atoms with Crippen LogP contribution in [-0.2, 0) is 52.8 Å². The first-order valence-electron chi connectivity index (χ1n) is 21.9. The highest BCUT2D eigenvalue weighted by Crippen LogP contribution is 2.21. The third kappa shape index (κ3) is 15.4. The van der Waals surface area contributed by atoms with Crippen LogP contribution in [0, 0.1) is 23.7 Å². The molecular formula is C45H65N11O8. The number of nitrogens with zero attached hydrogens (tertiary/aromatic N) is 2. The van der Waals surface area contributed by atoms with Gasteiger partial charge in [0.1, 0.15) is 36.3 Å². The van der Waals surface area contributed by atoms with Gasteiger partial charge in [0.15, 0.2) is 0 Å². The molecule has 0 saturated carbocycles. The Hall–Kier alpha value is -6.53. The zero-order chi connectivity index (χ0) is 47.1. The summed E-state index contributed by atoms with van der Waals surface area (Å²) in [5, 5.41) is 26.8. The Morgan fingerprint density at radius 1 is 0.531 bits per heavy atom. The molecule has 0 bridgehead atoms. The van der Waals surface area contributed by atoms with E-state index in [9.17, 15) is 38.7 Å². The van der Waals surface area contributed by atoms with Gasteiger partial charge in [0.05, 0.1) is 12.7 Å². The molecule has 348 valence electrons. The number of rotatable bonds is 25. The highest BCUT2D eigenvalue weighted by atomic mass is 16.4. The number of amides is 6. The molecule has 1 aromatic carbocycles. The topological polar surface area (TPSA) is 285 Å². The molecule has 4 rings (SSSR count). The van der Waals surface area contributed by atoms with E-state index in [0.717, 1.165) is 16.5 Å². The van der Waals surface area contributed by atoms with Gasteiger partial charge in [0.2, 0.25) is 35.4 Å².